The number of carbonyl (C=O) groups excluding carboxylic acids is 2. The average Bonchev–Trinajstić information content (AvgIpc) is 2.78. The molecular weight excluding hydrogens is 400 g/mol. The Morgan fingerprint density at radius 1 is 0.906 bits per heavy atom. The van der Waals surface area contributed by atoms with E-state index in [1.807, 2.05) is 58.3 Å². The van der Waals surface area contributed by atoms with Gasteiger partial charge in [-0.05, 0) is 54.7 Å². The normalized spacial score (nSPS) is 15.5. The Kier molecular flexibility index (Phi) is 8.72. The molecule has 0 fully saturated rings. The van der Waals surface area contributed by atoms with Gasteiger partial charge in [-0.25, -0.2) is 0 Å². The molecule has 1 heterocycles. The molecule has 1 aliphatic rings. The molecule has 1 aliphatic heterocycles. The quantitative estimate of drug-likeness (QED) is 0.619. The Morgan fingerprint density at radius 3 is 2.25 bits per heavy atom. The van der Waals surface area contributed by atoms with E-state index in [0.29, 0.717) is 31.2 Å². The van der Waals surface area contributed by atoms with Crippen molar-refractivity contribution in [2.45, 2.75) is 59.4 Å². The summed E-state index contributed by atoms with van der Waals surface area (Å²) in [7, 11) is 0. The first-order chi connectivity index (χ1) is 15.5. The van der Waals surface area contributed by atoms with Crippen LogP contribution in [0.1, 0.15) is 68.8 Å². The summed E-state index contributed by atoms with van der Waals surface area (Å²) in [4.78, 5) is 29.6. The summed E-state index contributed by atoms with van der Waals surface area (Å²) in [5, 5.41) is 0. The van der Waals surface area contributed by atoms with Crippen molar-refractivity contribution in [1.29, 1.82) is 0 Å². The summed E-state index contributed by atoms with van der Waals surface area (Å²) >= 11 is 0. The van der Waals surface area contributed by atoms with Crippen molar-refractivity contribution in [3.8, 4) is 5.75 Å². The lowest BCUT2D eigenvalue weighted by atomic mass is 10.1. The van der Waals surface area contributed by atoms with Gasteiger partial charge in [-0.3, -0.25) is 9.59 Å². The zero-order valence-electron chi connectivity index (χ0n) is 19.7. The lowest BCUT2D eigenvalue weighted by Crippen LogP contribution is -2.34. The lowest BCUT2D eigenvalue weighted by molar-refractivity contribution is -0.116. The first kappa shape index (κ1) is 23.8. The Morgan fingerprint density at radius 2 is 1.56 bits per heavy atom. The number of rotatable bonds is 4. The average molecular weight is 437 g/mol. The van der Waals surface area contributed by atoms with Crippen LogP contribution in [0.5, 0.6) is 5.75 Å². The highest BCUT2D eigenvalue weighted by Crippen LogP contribution is 2.25. The Balaban J connectivity index is 1.83. The molecule has 5 heteroatoms. The van der Waals surface area contributed by atoms with Crippen molar-refractivity contribution in [3.63, 3.8) is 0 Å². The number of ether oxygens (including phenoxy) is 1. The largest absolute Gasteiger partial charge is 0.493 e. The molecule has 0 saturated heterocycles. The molecular formula is C27H36N2O3. The van der Waals surface area contributed by atoms with E-state index in [1.54, 1.807) is 6.92 Å². The van der Waals surface area contributed by atoms with Crippen LogP contribution in [0.25, 0.3) is 0 Å². The first-order valence-corrected chi connectivity index (χ1v) is 11.8. The fourth-order valence-electron chi connectivity index (χ4n) is 4.06. The van der Waals surface area contributed by atoms with Gasteiger partial charge in [0.25, 0.3) is 5.91 Å². The molecule has 172 valence electrons. The maximum absolute atomic E-state index is 13.4. The Hall–Kier alpha value is -2.82. The third-order valence-electron chi connectivity index (χ3n) is 5.81. The highest BCUT2D eigenvalue weighted by atomic mass is 16.5. The highest BCUT2D eigenvalue weighted by molar-refractivity contribution is 5.95. The molecule has 0 aromatic heterocycles. The Labute approximate surface area is 192 Å². The molecule has 32 heavy (non-hydrogen) atoms. The molecule has 3 rings (SSSR count). The zero-order valence-corrected chi connectivity index (χ0v) is 19.7. The second-order valence-corrected chi connectivity index (χ2v) is 9.02. The van der Waals surface area contributed by atoms with E-state index in [2.05, 4.69) is 13.8 Å². The van der Waals surface area contributed by atoms with Crippen LogP contribution < -0.4 is 9.64 Å². The summed E-state index contributed by atoms with van der Waals surface area (Å²) in [6.45, 7) is 8.42. The number of para-hydroxylation sites is 1. The SMILES string of the molecule is CC(=O)N1CCCCCCCN(C(=O)c2ccc(OCC(C)C)cc2)Cc2ccccc21. The molecule has 0 unspecified atom stereocenters. The predicted molar refractivity (Wildman–Crippen MR) is 129 cm³/mol. The van der Waals surface area contributed by atoms with Crippen LogP contribution >= 0.6 is 0 Å². The van der Waals surface area contributed by atoms with Crippen molar-refractivity contribution in [2.24, 2.45) is 5.92 Å². The van der Waals surface area contributed by atoms with E-state index < -0.39 is 0 Å². The number of carbonyl (C=O) groups is 2. The molecule has 0 aliphatic carbocycles. The van der Waals surface area contributed by atoms with Gasteiger partial charge in [-0.15, -0.1) is 0 Å². The predicted octanol–water partition coefficient (Wildman–Crippen LogP) is 5.68. The highest BCUT2D eigenvalue weighted by Gasteiger charge is 2.21. The van der Waals surface area contributed by atoms with Crippen molar-refractivity contribution in [3.05, 3.63) is 59.7 Å². The number of fused-ring (bicyclic) bond motifs is 1. The molecule has 2 aromatic carbocycles. The van der Waals surface area contributed by atoms with E-state index in [9.17, 15) is 9.59 Å². The summed E-state index contributed by atoms with van der Waals surface area (Å²) in [6, 6.07) is 15.4. The van der Waals surface area contributed by atoms with Gasteiger partial charge in [-0.1, -0.05) is 51.3 Å². The second-order valence-electron chi connectivity index (χ2n) is 9.02. The monoisotopic (exact) mass is 436 g/mol. The van der Waals surface area contributed by atoms with Crippen LogP contribution in [0, 0.1) is 5.92 Å². The van der Waals surface area contributed by atoms with Crippen LogP contribution in [0.3, 0.4) is 0 Å². The summed E-state index contributed by atoms with van der Waals surface area (Å²) in [5.41, 5.74) is 2.58. The number of nitrogens with zero attached hydrogens (tertiary/aromatic N) is 2. The first-order valence-electron chi connectivity index (χ1n) is 11.8. The standard InChI is InChI=1S/C27H36N2O3/c1-21(2)20-32-25-15-13-23(14-16-25)27(31)28-17-9-5-4-6-10-18-29(22(3)30)26-12-8-7-11-24(26)19-28/h7-8,11-16,21H,4-6,9-10,17-20H2,1-3H3. The third kappa shape index (κ3) is 6.59. The molecule has 0 N–H and O–H groups in total. The second kappa shape index (κ2) is 11.7. The van der Waals surface area contributed by atoms with Gasteiger partial charge in [0, 0.05) is 37.8 Å². The van der Waals surface area contributed by atoms with Gasteiger partial charge in [0.2, 0.25) is 5.91 Å². The minimum absolute atomic E-state index is 0.0154. The van der Waals surface area contributed by atoms with Gasteiger partial charge in [0.05, 0.1) is 6.61 Å². The molecule has 0 atom stereocenters. The van der Waals surface area contributed by atoms with Crippen LogP contribution in [0.2, 0.25) is 0 Å². The van der Waals surface area contributed by atoms with Crippen LogP contribution in [-0.2, 0) is 11.3 Å². The van der Waals surface area contributed by atoms with Crippen LogP contribution in [0.15, 0.2) is 48.5 Å². The van der Waals surface area contributed by atoms with Gasteiger partial charge < -0.3 is 14.5 Å². The van der Waals surface area contributed by atoms with Crippen LogP contribution in [0.4, 0.5) is 5.69 Å². The lowest BCUT2D eigenvalue weighted by Gasteiger charge is -2.29. The van der Waals surface area contributed by atoms with Crippen molar-refractivity contribution in [2.75, 3.05) is 24.6 Å². The number of amides is 2. The van der Waals surface area contributed by atoms with Crippen molar-refractivity contribution in [1.82, 2.24) is 4.90 Å². The third-order valence-corrected chi connectivity index (χ3v) is 5.81. The fraction of sp³-hybridized carbons (Fsp3) is 0.481. The van der Waals surface area contributed by atoms with E-state index in [1.165, 1.54) is 0 Å². The molecule has 0 spiro atoms. The van der Waals surface area contributed by atoms with Gasteiger partial charge in [0.1, 0.15) is 5.75 Å². The molecule has 5 nitrogen and oxygen atoms in total. The molecule has 2 amide bonds. The smallest absolute Gasteiger partial charge is 0.254 e. The van der Waals surface area contributed by atoms with E-state index in [0.717, 1.165) is 55.6 Å². The topological polar surface area (TPSA) is 49.9 Å². The maximum atomic E-state index is 13.4. The summed E-state index contributed by atoms with van der Waals surface area (Å²) < 4.78 is 5.76. The van der Waals surface area contributed by atoms with Crippen molar-refractivity contribution >= 4 is 17.5 Å². The van der Waals surface area contributed by atoms with Gasteiger partial charge in [0.15, 0.2) is 0 Å². The Bertz CT molecular complexity index is 892. The fourth-order valence-corrected chi connectivity index (χ4v) is 4.06. The number of hydrogen-bond acceptors (Lipinski definition) is 3. The minimum Gasteiger partial charge on any atom is -0.493 e. The van der Waals surface area contributed by atoms with Gasteiger partial charge in [-0.2, -0.15) is 0 Å². The van der Waals surface area contributed by atoms with E-state index in [4.69, 9.17) is 4.74 Å². The number of anilines is 1. The molecule has 2 aromatic rings. The van der Waals surface area contributed by atoms with Crippen LogP contribution in [-0.4, -0.2) is 36.4 Å². The van der Waals surface area contributed by atoms with E-state index in [-0.39, 0.29) is 11.8 Å². The zero-order chi connectivity index (χ0) is 22.9. The van der Waals surface area contributed by atoms with E-state index >= 15 is 0 Å². The summed E-state index contributed by atoms with van der Waals surface area (Å²) in [6.07, 6.45) is 5.30. The molecule has 0 bridgehead atoms. The minimum atomic E-state index is 0.0154. The maximum Gasteiger partial charge on any atom is 0.254 e. The summed E-state index contributed by atoms with van der Waals surface area (Å²) in [5.74, 6) is 1.30. The molecule has 0 radical (unpaired) electrons. The van der Waals surface area contributed by atoms with Gasteiger partial charge >= 0.3 is 0 Å². The van der Waals surface area contributed by atoms with Crippen molar-refractivity contribution < 1.29 is 14.3 Å². The number of hydrogen-bond donors (Lipinski definition) is 0. The molecule has 0 saturated carbocycles. The number of benzene rings is 2.